The topological polar surface area (TPSA) is 135 Å². The highest BCUT2D eigenvalue weighted by Crippen LogP contribution is 2.36. The monoisotopic (exact) mass is 427 g/mol. The van der Waals surface area contributed by atoms with Crippen LogP contribution in [0, 0.1) is 0 Å². The minimum absolute atomic E-state index is 0.0519. The summed E-state index contributed by atoms with van der Waals surface area (Å²) in [4.78, 5) is 13.2. The van der Waals surface area contributed by atoms with E-state index >= 15 is 0 Å². The number of anilines is 1. The lowest BCUT2D eigenvalue weighted by Gasteiger charge is -2.27. The van der Waals surface area contributed by atoms with Gasteiger partial charge in [-0.15, -0.1) is 0 Å². The van der Waals surface area contributed by atoms with E-state index in [-0.39, 0.29) is 6.04 Å². The van der Waals surface area contributed by atoms with Crippen molar-refractivity contribution in [1.29, 1.82) is 0 Å². The maximum Gasteiger partial charge on any atom is 0.167 e. The van der Waals surface area contributed by atoms with Gasteiger partial charge in [0.2, 0.25) is 0 Å². The first kappa shape index (κ1) is 20.1. The molecule has 164 valence electrons. The Balaban J connectivity index is 1.47. The Morgan fingerprint density at radius 3 is 2.87 bits per heavy atom. The number of benzene rings is 1. The molecule has 5 atom stereocenters. The van der Waals surface area contributed by atoms with Crippen LogP contribution in [-0.4, -0.2) is 66.9 Å². The second-order valence-corrected chi connectivity index (χ2v) is 7.93. The van der Waals surface area contributed by atoms with Gasteiger partial charge in [-0.25, -0.2) is 15.0 Å². The van der Waals surface area contributed by atoms with Gasteiger partial charge in [-0.2, -0.15) is 0 Å². The molecule has 2 aromatic heterocycles. The van der Waals surface area contributed by atoms with E-state index in [1.807, 2.05) is 6.07 Å². The van der Waals surface area contributed by atoms with Crippen LogP contribution in [-0.2, 0) is 11.2 Å². The van der Waals surface area contributed by atoms with E-state index in [1.165, 1.54) is 23.8 Å². The smallest absolute Gasteiger partial charge is 0.167 e. The minimum atomic E-state index is -1.21. The zero-order valence-corrected chi connectivity index (χ0v) is 17.0. The van der Waals surface area contributed by atoms with Crippen LogP contribution in [0.2, 0.25) is 0 Å². The molecule has 5 rings (SSSR count). The second-order valence-electron chi connectivity index (χ2n) is 7.93. The number of fused-ring (bicyclic) bond motifs is 2. The first-order valence-corrected chi connectivity index (χ1v) is 10.3. The number of aryl methyl sites for hydroxylation is 1. The number of nitrogens with zero attached hydrogens (tertiary/aromatic N) is 4. The highest BCUT2D eigenvalue weighted by atomic mass is 16.6. The lowest BCUT2D eigenvalue weighted by Crippen LogP contribution is -2.33. The van der Waals surface area contributed by atoms with Gasteiger partial charge >= 0.3 is 0 Å². The standard InChI is InChI=1S/C21H25N5O5/c1-30-12-6-5-11-3-2-4-14(13(11)7-12)25-19-16-20(23-9-22-19)26(10-24-16)21-18(29)17(28)15(8-27)31-21/h5-7,9-10,14-15,17-18,21,27-29H,2-4,8H2,1H3,(H,22,23,25)/t14-,15+,17+,18+,21+/m0/s1. The Morgan fingerprint density at radius 1 is 1.23 bits per heavy atom. The Morgan fingerprint density at radius 2 is 2.10 bits per heavy atom. The van der Waals surface area contributed by atoms with Crippen LogP contribution >= 0.6 is 0 Å². The van der Waals surface area contributed by atoms with E-state index in [1.54, 1.807) is 11.7 Å². The summed E-state index contributed by atoms with van der Waals surface area (Å²) in [6, 6.07) is 6.19. The number of aliphatic hydroxyl groups is 3. The van der Waals surface area contributed by atoms with E-state index in [0.29, 0.717) is 17.0 Å². The van der Waals surface area contributed by atoms with Crippen molar-refractivity contribution in [2.45, 2.75) is 49.8 Å². The fourth-order valence-corrected chi connectivity index (χ4v) is 4.47. The molecule has 0 unspecified atom stereocenters. The van der Waals surface area contributed by atoms with Crippen molar-refractivity contribution in [2.24, 2.45) is 0 Å². The quantitative estimate of drug-likeness (QED) is 0.469. The van der Waals surface area contributed by atoms with Gasteiger partial charge in [0, 0.05) is 0 Å². The number of nitrogens with one attached hydrogen (secondary N) is 1. The molecule has 10 heteroatoms. The van der Waals surface area contributed by atoms with Gasteiger partial charge in [-0.3, -0.25) is 4.57 Å². The predicted octanol–water partition coefficient (Wildman–Crippen LogP) is 0.936. The van der Waals surface area contributed by atoms with Crippen molar-refractivity contribution in [1.82, 2.24) is 19.5 Å². The molecular formula is C21H25N5O5. The normalized spacial score (nSPS) is 27.9. The van der Waals surface area contributed by atoms with E-state index in [9.17, 15) is 15.3 Å². The van der Waals surface area contributed by atoms with Gasteiger partial charge in [0.05, 0.1) is 26.1 Å². The number of imidazole rings is 1. The van der Waals surface area contributed by atoms with Gasteiger partial charge in [0.15, 0.2) is 23.2 Å². The van der Waals surface area contributed by atoms with Crippen molar-refractivity contribution in [3.8, 4) is 5.75 Å². The largest absolute Gasteiger partial charge is 0.497 e. The van der Waals surface area contributed by atoms with Gasteiger partial charge in [0.1, 0.15) is 30.4 Å². The van der Waals surface area contributed by atoms with Crippen LogP contribution in [0.4, 0.5) is 5.82 Å². The van der Waals surface area contributed by atoms with Crippen molar-refractivity contribution in [3.63, 3.8) is 0 Å². The summed E-state index contributed by atoms with van der Waals surface area (Å²) in [6.07, 6.45) is 1.78. The van der Waals surface area contributed by atoms with Crippen LogP contribution in [0.15, 0.2) is 30.9 Å². The van der Waals surface area contributed by atoms with Gasteiger partial charge < -0.3 is 30.1 Å². The molecule has 10 nitrogen and oxygen atoms in total. The number of methoxy groups -OCH3 is 1. The summed E-state index contributed by atoms with van der Waals surface area (Å²) in [5.41, 5.74) is 3.47. The SMILES string of the molecule is COc1ccc2c(c1)[C@@H](Nc1ncnc3c1ncn3[C@@H]1O[C@H](CO)[C@@H](O)[C@H]1O)CCC2. The minimum Gasteiger partial charge on any atom is -0.497 e. The number of ether oxygens (including phenoxy) is 2. The zero-order valence-electron chi connectivity index (χ0n) is 17.0. The van der Waals surface area contributed by atoms with Gasteiger partial charge in [-0.1, -0.05) is 6.07 Å². The van der Waals surface area contributed by atoms with Crippen molar-refractivity contribution in [2.75, 3.05) is 19.0 Å². The third kappa shape index (κ3) is 3.41. The first-order chi connectivity index (χ1) is 15.1. The van der Waals surface area contributed by atoms with Crippen LogP contribution in [0.3, 0.4) is 0 Å². The summed E-state index contributed by atoms with van der Waals surface area (Å²) < 4.78 is 12.6. The van der Waals surface area contributed by atoms with Crippen molar-refractivity contribution in [3.05, 3.63) is 42.0 Å². The summed E-state index contributed by atoms with van der Waals surface area (Å²) in [6.45, 7) is -0.395. The predicted molar refractivity (Wildman–Crippen MR) is 111 cm³/mol. The lowest BCUT2D eigenvalue weighted by atomic mass is 9.87. The number of rotatable bonds is 5. The third-order valence-corrected chi connectivity index (χ3v) is 6.13. The van der Waals surface area contributed by atoms with Crippen molar-refractivity contribution < 1.29 is 24.8 Å². The van der Waals surface area contributed by atoms with E-state index in [0.717, 1.165) is 25.0 Å². The van der Waals surface area contributed by atoms with Crippen LogP contribution < -0.4 is 10.1 Å². The Kier molecular flexibility index (Phi) is 5.22. The first-order valence-electron chi connectivity index (χ1n) is 10.3. The van der Waals surface area contributed by atoms with E-state index in [4.69, 9.17) is 9.47 Å². The summed E-state index contributed by atoms with van der Waals surface area (Å²) >= 11 is 0. The van der Waals surface area contributed by atoms with Crippen molar-refractivity contribution >= 4 is 17.0 Å². The fraction of sp³-hybridized carbons (Fsp3) is 0.476. The van der Waals surface area contributed by atoms with Gasteiger partial charge in [0.25, 0.3) is 0 Å². The number of aliphatic hydroxyl groups excluding tert-OH is 3. The maximum absolute atomic E-state index is 10.4. The molecule has 2 aliphatic rings. The van der Waals surface area contributed by atoms with E-state index < -0.39 is 31.1 Å². The molecule has 0 radical (unpaired) electrons. The number of hydrogen-bond donors (Lipinski definition) is 4. The molecule has 1 saturated heterocycles. The van der Waals surface area contributed by atoms with Crippen LogP contribution in [0.5, 0.6) is 5.75 Å². The molecule has 31 heavy (non-hydrogen) atoms. The molecule has 3 aromatic rings. The van der Waals surface area contributed by atoms with Crippen LogP contribution in [0.1, 0.15) is 36.2 Å². The van der Waals surface area contributed by atoms with E-state index in [2.05, 4.69) is 32.4 Å². The molecule has 0 spiro atoms. The second kappa shape index (κ2) is 8.04. The third-order valence-electron chi connectivity index (χ3n) is 6.13. The highest BCUT2D eigenvalue weighted by molar-refractivity contribution is 5.83. The molecule has 1 fully saturated rings. The molecular weight excluding hydrogens is 402 g/mol. The van der Waals surface area contributed by atoms with Gasteiger partial charge in [-0.05, 0) is 42.5 Å². The number of aromatic nitrogens is 4. The molecule has 4 N–H and O–H groups in total. The summed E-state index contributed by atoms with van der Waals surface area (Å²) in [5, 5.41) is 33.3. The lowest BCUT2D eigenvalue weighted by molar-refractivity contribution is -0.0511. The summed E-state index contributed by atoms with van der Waals surface area (Å²) in [7, 11) is 1.66. The van der Waals surface area contributed by atoms with Crippen LogP contribution in [0.25, 0.3) is 11.2 Å². The maximum atomic E-state index is 10.4. The molecule has 0 saturated carbocycles. The molecule has 0 bridgehead atoms. The Bertz CT molecular complexity index is 1090. The number of hydrogen-bond acceptors (Lipinski definition) is 9. The molecule has 3 heterocycles. The zero-order chi connectivity index (χ0) is 21.5. The fourth-order valence-electron chi connectivity index (χ4n) is 4.47. The molecule has 1 aliphatic carbocycles. The average molecular weight is 427 g/mol. The Hall–Kier alpha value is -2.79. The summed E-state index contributed by atoms with van der Waals surface area (Å²) in [5.74, 6) is 1.39. The highest BCUT2D eigenvalue weighted by Gasteiger charge is 2.44. The molecule has 1 aromatic carbocycles. The molecule has 0 amide bonds. The Labute approximate surface area is 178 Å². The average Bonchev–Trinajstić information content (AvgIpc) is 3.35. The molecule has 1 aliphatic heterocycles.